The maximum Gasteiger partial charge on any atom is 0.338 e. The first-order valence-corrected chi connectivity index (χ1v) is 8.23. The molecule has 0 bridgehead atoms. The molecule has 0 saturated heterocycles. The van der Waals surface area contributed by atoms with E-state index in [4.69, 9.17) is 4.74 Å². The summed E-state index contributed by atoms with van der Waals surface area (Å²) in [5.41, 5.74) is 0.598. The molecule has 0 fully saturated rings. The number of esters is 2. The highest BCUT2D eigenvalue weighted by molar-refractivity contribution is 6.07. The highest BCUT2D eigenvalue weighted by Crippen LogP contribution is 2.22. The molecule has 1 N–H and O–H groups in total. The smallest absolute Gasteiger partial charge is 0.338 e. The number of aryl methyl sites for hydroxylation is 1. The minimum atomic E-state index is -0.774. The van der Waals surface area contributed by atoms with Gasteiger partial charge in [-0.05, 0) is 37.6 Å². The summed E-state index contributed by atoms with van der Waals surface area (Å²) in [6, 6.07) is 7.90. The van der Waals surface area contributed by atoms with Gasteiger partial charge in [0.15, 0.2) is 0 Å². The molecule has 0 saturated carbocycles. The predicted octanol–water partition coefficient (Wildman–Crippen LogP) is 3.12. The van der Waals surface area contributed by atoms with Crippen molar-refractivity contribution in [1.29, 1.82) is 0 Å². The van der Waals surface area contributed by atoms with Gasteiger partial charge in [0.2, 0.25) is 0 Å². The minimum Gasteiger partial charge on any atom is -0.465 e. The maximum atomic E-state index is 12.6. The van der Waals surface area contributed by atoms with Gasteiger partial charge in [-0.15, -0.1) is 0 Å². The number of nitro groups is 1. The Balaban J connectivity index is 2.40. The van der Waals surface area contributed by atoms with Crippen LogP contribution in [0, 0.1) is 17.0 Å². The van der Waals surface area contributed by atoms with E-state index in [9.17, 15) is 24.5 Å². The van der Waals surface area contributed by atoms with Crippen LogP contribution in [0.3, 0.4) is 0 Å². The number of anilines is 1. The number of nitro benzene ring substituents is 1. The van der Waals surface area contributed by atoms with E-state index in [1.807, 2.05) is 0 Å². The van der Waals surface area contributed by atoms with E-state index in [1.54, 1.807) is 26.0 Å². The number of carbonyl (C=O) groups is 3. The molecule has 2 aromatic rings. The van der Waals surface area contributed by atoms with Gasteiger partial charge in [-0.1, -0.05) is 6.07 Å². The largest absolute Gasteiger partial charge is 0.465 e. The molecule has 0 aliphatic carbocycles. The summed E-state index contributed by atoms with van der Waals surface area (Å²) in [4.78, 5) is 46.7. The Hall–Kier alpha value is -3.75. The molecule has 1 amide bonds. The zero-order chi connectivity index (χ0) is 20.8. The molecule has 2 rings (SSSR count). The van der Waals surface area contributed by atoms with Crippen molar-refractivity contribution in [2.24, 2.45) is 0 Å². The van der Waals surface area contributed by atoms with Crippen LogP contribution in [0.1, 0.15) is 43.6 Å². The lowest BCUT2D eigenvalue weighted by atomic mass is 10.1. The van der Waals surface area contributed by atoms with Crippen molar-refractivity contribution in [3.63, 3.8) is 0 Å². The van der Waals surface area contributed by atoms with Crippen molar-refractivity contribution in [1.82, 2.24) is 0 Å². The lowest BCUT2D eigenvalue weighted by molar-refractivity contribution is -0.384. The summed E-state index contributed by atoms with van der Waals surface area (Å²) in [6.07, 6.45) is 0. The minimum absolute atomic E-state index is 0.0859. The average Bonchev–Trinajstić information content (AvgIpc) is 2.68. The van der Waals surface area contributed by atoms with Crippen LogP contribution in [-0.2, 0) is 9.47 Å². The lowest BCUT2D eigenvalue weighted by Gasteiger charge is -2.11. The number of nitrogens with one attached hydrogen (secondary N) is 1. The van der Waals surface area contributed by atoms with Crippen molar-refractivity contribution in [3.05, 3.63) is 68.8 Å². The van der Waals surface area contributed by atoms with E-state index >= 15 is 0 Å². The molecular formula is C19H18N2O7. The first-order valence-electron chi connectivity index (χ1n) is 8.23. The summed E-state index contributed by atoms with van der Waals surface area (Å²) in [7, 11) is 1.24. The van der Waals surface area contributed by atoms with Crippen LogP contribution in [0.4, 0.5) is 11.4 Å². The Morgan fingerprint density at radius 2 is 1.71 bits per heavy atom. The van der Waals surface area contributed by atoms with Crippen LogP contribution < -0.4 is 5.32 Å². The molecule has 146 valence electrons. The van der Waals surface area contributed by atoms with Crippen molar-refractivity contribution in [2.75, 3.05) is 19.0 Å². The number of nitrogens with zero attached hydrogens (tertiary/aromatic N) is 1. The van der Waals surface area contributed by atoms with Gasteiger partial charge in [-0.2, -0.15) is 0 Å². The molecule has 0 radical (unpaired) electrons. The van der Waals surface area contributed by atoms with Crippen LogP contribution >= 0.6 is 0 Å². The number of carbonyl (C=O) groups excluding carboxylic acids is 3. The van der Waals surface area contributed by atoms with E-state index in [-0.39, 0.29) is 23.3 Å². The molecular weight excluding hydrogens is 368 g/mol. The lowest BCUT2D eigenvalue weighted by Crippen LogP contribution is -2.15. The van der Waals surface area contributed by atoms with Gasteiger partial charge in [0.25, 0.3) is 11.6 Å². The monoisotopic (exact) mass is 386 g/mol. The van der Waals surface area contributed by atoms with E-state index in [0.717, 1.165) is 12.1 Å². The van der Waals surface area contributed by atoms with Crippen LogP contribution in [0.15, 0.2) is 36.4 Å². The van der Waals surface area contributed by atoms with Crippen LogP contribution in [0.25, 0.3) is 0 Å². The summed E-state index contributed by atoms with van der Waals surface area (Å²) >= 11 is 0. The van der Waals surface area contributed by atoms with Crippen LogP contribution in [0.5, 0.6) is 0 Å². The third-order valence-electron chi connectivity index (χ3n) is 3.81. The van der Waals surface area contributed by atoms with E-state index in [0.29, 0.717) is 11.3 Å². The number of hydrogen-bond acceptors (Lipinski definition) is 7. The molecule has 0 aliphatic heterocycles. The second-order valence-corrected chi connectivity index (χ2v) is 5.72. The summed E-state index contributed by atoms with van der Waals surface area (Å²) in [5, 5.41) is 13.7. The zero-order valence-electron chi connectivity index (χ0n) is 15.5. The highest BCUT2D eigenvalue weighted by atomic mass is 16.6. The first kappa shape index (κ1) is 20.6. The topological polar surface area (TPSA) is 125 Å². The molecule has 0 heterocycles. The molecule has 0 atom stereocenters. The maximum absolute atomic E-state index is 12.6. The number of amides is 1. The second kappa shape index (κ2) is 8.76. The Kier molecular flexibility index (Phi) is 6.43. The molecule has 0 spiro atoms. The Morgan fingerprint density at radius 1 is 1.04 bits per heavy atom. The molecule has 28 heavy (non-hydrogen) atoms. The SMILES string of the molecule is CCOC(=O)c1cc(C(=O)Nc2cc(C(=O)OC)ccc2C)cc([N+](=O)[O-])c1. The number of hydrogen-bond donors (Lipinski definition) is 1. The summed E-state index contributed by atoms with van der Waals surface area (Å²) < 4.78 is 9.49. The van der Waals surface area contributed by atoms with Crippen LogP contribution in [-0.4, -0.2) is 36.5 Å². The third-order valence-corrected chi connectivity index (χ3v) is 3.81. The van der Waals surface area contributed by atoms with E-state index in [2.05, 4.69) is 10.1 Å². The molecule has 0 unspecified atom stereocenters. The predicted molar refractivity (Wildman–Crippen MR) is 99.5 cm³/mol. The third kappa shape index (κ3) is 4.70. The van der Waals surface area contributed by atoms with Gasteiger partial charge >= 0.3 is 11.9 Å². The van der Waals surface area contributed by atoms with Gasteiger partial charge in [-0.25, -0.2) is 9.59 Å². The van der Waals surface area contributed by atoms with E-state index in [1.165, 1.54) is 19.2 Å². The van der Waals surface area contributed by atoms with Gasteiger partial charge < -0.3 is 14.8 Å². The van der Waals surface area contributed by atoms with Crippen molar-refractivity contribution < 1.29 is 28.8 Å². The first-order chi connectivity index (χ1) is 13.3. The Morgan fingerprint density at radius 3 is 2.32 bits per heavy atom. The fraction of sp³-hybridized carbons (Fsp3) is 0.211. The Labute approximate surface area is 160 Å². The van der Waals surface area contributed by atoms with Gasteiger partial charge in [0, 0.05) is 23.4 Å². The molecule has 0 aliphatic rings. The van der Waals surface area contributed by atoms with Gasteiger partial charge in [-0.3, -0.25) is 14.9 Å². The average molecular weight is 386 g/mol. The highest BCUT2D eigenvalue weighted by Gasteiger charge is 2.19. The quantitative estimate of drug-likeness (QED) is 0.459. The molecule has 9 heteroatoms. The van der Waals surface area contributed by atoms with Gasteiger partial charge in [0.05, 0.1) is 29.8 Å². The second-order valence-electron chi connectivity index (χ2n) is 5.72. The van der Waals surface area contributed by atoms with Crippen molar-refractivity contribution in [2.45, 2.75) is 13.8 Å². The summed E-state index contributed by atoms with van der Waals surface area (Å²) in [6.45, 7) is 3.40. The number of non-ortho nitro benzene ring substituents is 1. The molecule has 9 nitrogen and oxygen atoms in total. The normalized spacial score (nSPS) is 10.1. The number of benzene rings is 2. The zero-order valence-corrected chi connectivity index (χ0v) is 15.5. The number of ether oxygens (including phenoxy) is 2. The van der Waals surface area contributed by atoms with Crippen LogP contribution in [0.2, 0.25) is 0 Å². The molecule has 2 aromatic carbocycles. The fourth-order valence-corrected chi connectivity index (χ4v) is 2.38. The number of methoxy groups -OCH3 is 1. The Bertz CT molecular complexity index is 953. The van der Waals surface area contributed by atoms with Gasteiger partial charge in [0.1, 0.15) is 0 Å². The molecule has 0 aromatic heterocycles. The number of rotatable bonds is 6. The van der Waals surface area contributed by atoms with Crippen molar-refractivity contribution in [3.8, 4) is 0 Å². The summed E-state index contributed by atoms with van der Waals surface area (Å²) in [5.74, 6) is -2.03. The van der Waals surface area contributed by atoms with Crippen molar-refractivity contribution >= 4 is 29.2 Å². The van der Waals surface area contributed by atoms with E-state index < -0.39 is 28.5 Å². The fourth-order valence-electron chi connectivity index (χ4n) is 2.38. The standard InChI is InChI=1S/C19H18N2O7/c1-4-28-19(24)14-7-13(8-15(9-14)21(25)26)17(22)20-16-10-12(18(23)27-3)6-5-11(16)2/h5-10H,4H2,1-3H3,(H,20,22).